The van der Waals surface area contributed by atoms with Gasteiger partial charge in [-0.2, -0.15) is 0 Å². The molecule has 1 rings (SSSR count). The Bertz CT molecular complexity index is 561. The lowest BCUT2D eigenvalue weighted by atomic mass is 10.2. The van der Waals surface area contributed by atoms with Crippen molar-refractivity contribution < 1.29 is 19.1 Å². The van der Waals surface area contributed by atoms with Crippen molar-refractivity contribution in [2.75, 3.05) is 20.3 Å². The van der Waals surface area contributed by atoms with Crippen LogP contribution in [-0.4, -0.2) is 38.1 Å². The molecular weight excluding hydrogens is 364 g/mol. The number of methoxy groups -OCH3 is 1. The third-order valence-corrected chi connectivity index (χ3v) is 3.39. The van der Waals surface area contributed by atoms with Crippen LogP contribution in [0.1, 0.15) is 37.6 Å². The van der Waals surface area contributed by atoms with Crippen LogP contribution in [0.25, 0.3) is 0 Å². The van der Waals surface area contributed by atoms with E-state index in [0.29, 0.717) is 28.1 Å². The van der Waals surface area contributed by atoms with Gasteiger partial charge in [-0.05, 0) is 48.3 Å². The van der Waals surface area contributed by atoms with Gasteiger partial charge in [0.1, 0.15) is 0 Å². The molecule has 1 aromatic rings. The lowest BCUT2D eigenvalue weighted by molar-refractivity contribution is -0.120. The molecule has 128 valence electrons. The largest absolute Gasteiger partial charge is 0.493 e. The van der Waals surface area contributed by atoms with Crippen LogP contribution in [0.2, 0.25) is 0 Å². The molecule has 1 aromatic carbocycles. The molecule has 0 aliphatic rings. The highest BCUT2D eigenvalue weighted by atomic mass is 79.9. The lowest BCUT2D eigenvalue weighted by Crippen LogP contribution is -2.39. The van der Waals surface area contributed by atoms with E-state index in [1.165, 1.54) is 7.11 Å². The fraction of sp³-hybridized carbons (Fsp3) is 0.500. The Balaban J connectivity index is 2.81. The predicted molar refractivity (Wildman–Crippen MR) is 92.1 cm³/mol. The number of hydrogen-bond acceptors (Lipinski definition) is 4. The molecule has 0 atom stereocenters. The summed E-state index contributed by atoms with van der Waals surface area (Å²) in [5.41, 5.74) is 0.384. The molecular formula is C16H23BrN2O4. The molecule has 0 aromatic heterocycles. The summed E-state index contributed by atoms with van der Waals surface area (Å²) in [4.78, 5) is 23.7. The Morgan fingerprint density at radius 3 is 2.57 bits per heavy atom. The summed E-state index contributed by atoms with van der Waals surface area (Å²) >= 11 is 3.39. The van der Waals surface area contributed by atoms with Gasteiger partial charge in [-0.15, -0.1) is 0 Å². The quantitative estimate of drug-likeness (QED) is 0.719. The Labute approximate surface area is 145 Å². The zero-order valence-corrected chi connectivity index (χ0v) is 15.5. The molecule has 0 unspecified atom stereocenters. The second-order valence-electron chi connectivity index (χ2n) is 5.24. The van der Waals surface area contributed by atoms with Gasteiger partial charge >= 0.3 is 0 Å². The van der Waals surface area contributed by atoms with Gasteiger partial charge in [-0.1, -0.05) is 6.92 Å². The molecule has 0 aliphatic heterocycles. The molecule has 0 spiro atoms. The Kier molecular flexibility index (Phi) is 7.88. The van der Waals surface area contributed by atoms with Gasteiger partial charge in [0, 0.05) is 11.6 Å². The highest BCUT2D eigenvalue weighted by molar-refractivity contribution is 9.10. The molecule has 0 heterocycles. The number of ether oxygens (including phenoxy) is 2. The topological polar surface area (TPSA) is 76.7 Å². The van der Waals surface area contributed by atoms with E-state index in [0.717, 1.165) is 6.42 Å². The van der Waals surface area contributed by atoms with Crippen molar-refractivity contribution in [1.82, 2.24) is 10.6 Å². The summed E-state index contributed by atoms with van der Waals surface area (Å²) in [7, 11) is 1.51. The van der Waals surface area contributed by atoms with Crippen molar-refractivity contribution in [3.05, 3.63) is 22.2 Å². The van der Waals surface area contributed by atoms with E-state index in [9.17, 15) is 9.59 Å². The van der Waals surface area contributed by atoms with Crippen molar-refractivity contribution in [2.24, 2.45) is 0 Å². The fourth-order valence-electron chi connectivity index (χ4n) is 1.83. The number of nitrogens with one attached hydrogen (secondary N) is 2. The second kappa shape index (κ2) is 9.39. The maximum Gasteiger partial charge on any atom is 0.251 e. The Morgan fingerprint density at radius 1 is 1.30 bits per heavy atom. The van der Waals surface area contributed by atoms with Gasteiger partial charge in [0.25, 0.3) is 5.91 Å². The van der Waals surface area contributed by atoms with E-state index in [2.05, 4.69) is 26.6 Å². The van der Waals surface area contributed by atoms with Crippen molar-refractivity contribution in [3.63, 3.8) is 0 Å². The summed E-state index contributed by atoms with van der Waals surface area (Å²) in [5, 5.41) is 5.29. The third kappa shape index (κ3) is 6.09. The number of carbonyl (C=O) groups excluding carboxylic acids is 2. The van der Waals surface area contributed by atoms with E-state index >= 15 is 0 Å². The molecule has 0 radical (unpaired) electrons. The van der Waals surface area contributed by atoms with E-state index in [4.69, 9.17) is 9.47 Å². The molecule has 2 N–H and O–H groups in total. The average Bonchev–Trinajstić information content (AvgIpc) is 2.50. The first-order valence-electron chi connectivity index (χ1n) is 7.46. The van der Waals surface area contributed by atoms with E-state index in [-0.39, 0.29) is 24.4 Å². The van der Waals surface area contributed by atoms with E-state index in [1.54, 1.807) is 12.1 Å². The summed E-state index contributed by atoms with van der Waals surface area (Å²) in [6.07, 6.45) is 0.864. The average molecular weight is 387 g/mol. The van der Waals surface area contributed by atoms with Gasteiger partial charge in [-0.25, -0.2) is 0 Å². The van der Waals surface area contributed by atoms with Crippen molar-refractivity contribution in [2.45, 2.75) is 33.2 Å². The van der Waals surface area contributed by atoms with E-state index < -0.39 is 0 Å². The van der Waals surface area contributed by atoms with Crippen LogP contribution in [0.5, 0.6) is 11.5 Å². The second-order valence-corrected chi connectivity index (χ2v) is 6.10. The third-order valence-electron chi connectivity index (χ3n) is 2.80. The highest BCUT2D eigenvalue weighted by Crippen LogP contribution is 2.36. The van der Waals surface area contributed by atoms with Crippen LogP contribution in [0.3, 0.4) is 0 Å². The number of rotatable bonds is 8. The van der Waals surface area contributed by atoms with Crippen molar-refractivity contribution in [3.8, 4) is 11.5 Å². The number of hydrogen-bond donors (Lipinski definition) is 2. The van der Waals surface area contributed by atoms with Gasteiger partial charge in [0.2, 0.25) is 5.91 Å². The minimum atomic E-state index is -0.357. The summed E-state index contributed by atoms with van der Waals surface area (Å²) in [6, 6.07) is 3.26. The summed E-state index contributed by atoms with van der Waals surface area (Å²) in [6.45, 7) is 6.19. The minimum Gasteiger partial charge on any atom is -0.493 e. The highest BCUT2D eigenvalue weighted by Gasteiger charge is 2.16. The standard InChI is InChI=1S/C16H23BrN2O4/c1-5-6-23-15-12(17)7-11(8-13(15)22-4)16(21)18-9-14(20)19-10(2)3/h7-8,10H,5-6,9H2,1-4H3,(H,18,21)(H,19,20). The molecule has 23 heavy (non-hydrogen) atoms. The number of halogens is 1. The number of benzene rings is 1. The Hall–Kier alpha value is -1.76. The van der Waals surface area contributed by atoms with Crippen LogP contribution in [0.4, 0.5) is 0 Å². The van der Waals surface area contributed by atoms with Crippen LogP contribution in [0.15, 0.2) is 16.6 Å². The van der Waals surface area contributed by atoms with Crippen LogP contribution in [-0.2, 0) is 4.79 Å². The maximum atomic E-state index is 12.2. The zero-order valence-electron chi connectivity index (χ0n) is 13.9. The molecule has 0 saturated heterocycles. The van der Waals surface area contributed by atoms with Crippen LogP contribution < -0.4 is 20.1 Å². The number of amides is 2. The summed E-state index contributed by atoms with van der Waals surface area (Å²) < 4.78 is 11.5. The predicted octanol–water partition coefficient (Wildman–Crippen LogP) is 2.50. The molecule has 0 aliphatic carbocycles. The number of carbonyl (C=O) groups is 2. The molecule has 0 bridgehead atoms. The molecule has 0 saturated carbocycles. The van der Waals surface area contributed by atoms with E-state index in [1.807, 2.05) is 20.8 Å². The zero-order chi connectivity index (χ0) is 17.4. The van der Waals surface area contributed by atoms with Crippen LogP contribution in [0, 0.1) is 0 Å². The Morgan fingerprint density at radius 2 is 2.00 bits per heavy atom. The van der Waals surface area contributed by atoms with Gasteiger partial charge < -0.3 is 20.1 Å². The first-order chi connectivity index (χ1) is 10.9. The smallest absolute Gasteiger partial charge is 0.251 e. The van der Waals surface area contributed by atoms with Crippen LogP contribution >= 0.6 is 15.9 Å². The molecule has 7 heteroatoms. The fourth-order valence-corrected chi connectivity index (χ4v) is 2.39. The van der Waals surface area contributed by atoms with Crippen molar-refractivity contribution in [1.29, 1.82) is 0 Å². The lowest BCUT2D eigenvalue weighted by Gasteiger charge is -2.14. The minimum absolute atomic E-state index is 0.0311. The van der Waals surface area contributed by atoms with Gasteiger partial charge in [0.15, 0.2) is 11.5 Å². The molecule has 0 fully saturated rings. The first kappa shape index (κ1) is 19.3. The normalized spacial score (nSPS) is 10.3. The SMILES string of the molecule is CCCOc1c(Br)cc(C(=O)NCC(=O)NC(C)C)cc1OC. The van der Waals surface area contributed by atoms with Crippen molar-refractivity contribution >= 4 is 27.7 Å². The summed E-state index contributed by atoms with van der Waals surface area (Å²) in [5.74, 6) is 0.431. The monoisotopic (exact) mass is 386 g/mol. The molecule has 2 amide bonds. The first-order valence-corrected chi connectivity index (χ1v) is 8.26. The maximum absolute atomic E-state index is 12.2. The van der Waals surface area contributed by atoms with Gasteiger partial charge in [0.05, 0.1) is 24.7 Å². The molecule has 6 nitrogen and oxygen atoms in total. The van der Waals surface area contributed by atoms with Gasteiger partial charge in [-0.3, -0.25) is 9.59 Å².